The van der Waals surface area contributed by atoms with Gasteiger partial charge in [-0.15, -0.1) is 0 Å². The number of nitrogens with two attached hydrogens (primary N) is 1. The zero-order valence-corrected chi connectivity index (χ0v) is 12.9. The van der Waals surface area contributed by atoms with E-state index >= 15 is 0 Å². The van der Waals surface area contributed by atoms with E-state index in [2.05, 4.69) is 55.3 Å². The number of nitrogen functional groups attached to an aromatic ring is 1. The van der Waals surface area contributed by atoms with Gasteiger partial charge in [-0.1, -0.05) is 36.8 Å². The second-order valence-corrected chi connectivity index (χ2v) is 5.22. The Balaban J connectivity index is 2.09. The molecule has 1 aromatic heterocycles. The number of pyridine rings is 1. The highest BCUT2D eigenvalue weighted by Gasteiger charge is 2.08. The summed E-state index contributed by atoms with van der Waals surface area (Å²) in [6, 6.07) is 12.3. The second-order valence-electron chi connectivity index (χ2n) is 5.22. The Bertz CT molecular complexity index is 581. The molecule has 1 atom stereocenters. The first-order valence-corrected chi connectivity index (χ1v) is 7.32. The molecule has 2 rings (SSSR count). The number of benzene rings is 1. The molecule has 0 amide bonds. The minimum Gasteiger partial charge on any atom is -0.476 e. The molecular formula is C17H23N3O. The molecule has 0 bridgehead atoms. The zero-order chi connectivity index (χ0) is 15.2. The Morgan fingerprint density at radius 1 is 1.19 bits per heavy atom. The summed E-state index contributed by atoms with van der Waals surface area (Å²) >= 11 is 0. The van der Waals surface area contributed by atoms with Crippen LogP contribution in [-0.4, -0.2) is 11.6 Å². The monoisotopic (exact) mass is 285 g/mol. The van der Waals surface area contributed by atoms with Crippen molar-refractivity contribution in [2.45, 2.75) is 33.2 Å². The third-order valence-electron chi connectivity index (χ3n) is 3.27. The van der Waals surface area contributed by atoms with Crippen molar-refractivity contribution >= 4 is 11.5 Å². The molecule has 4 nitrogen and oxygen atoms in total. The van der Waals surface area contributed by atoms with Gasteiger partial charge in [-0.25, -0.2) is 0 Å². The first kappa shape index (κ1) is 15.2. The molecule has 2 aromatic rings. The van der Waals surface area contributed by atoms with Gasteiger partial charge in [0.15, 0.2) is 0 Å². The minimum atomic E-state index is 0.167. The lowest BCUT2D eigenvalue weighted by Crippen LogP contribution is -2.09. The van der Waals surface area contributed by atoms with E-state index in [-0.39, 0.29) is 6.04 Å². The maximum atomic E-state index is 5.87. The van der Waals surface area contributed by atoms with E-state index in [0.717, 1.165) is 12.2 Å². The molecular weight excluding hydrogens is 262 g/mol. The van der Waals surface area contributed by atoms with E-state index in [9.17, 15) is 0 Å². The fourth-order valence-corrected chi connectivity index (χ4v) is 2.01. The number of rotatable bonds is 6. The average Bonchev–Trinajstić information content (AvgIpc) is 2.48. The summed E-state index contributed by atoms with van der Waals surface area (Å²) in [6.07, 6.45) is 0.929. The molecule has 1 aromatic carbocycles. The number of anilines is 2. The van der Waals surface area contributed by atoms with Crippen LogP contribution in [0.25, 0.3) is 0 Å². The molecule has 1 heterocycles. The number of hydrogen-bond acceptors (Lipinski definition) is 4. The van der Waals surface area contributed by atoms with Crippen molar-refractivity contribution < 1.29 is 4.74 Å². The van der Waals surface area contributed by atoms with E-state index < -0.39 is 0 Å². The summed E-state index contributed by atoms with van der Waals surface area (Å²) in [5.74, 6) is 1.27. The van der Waals surface area contributed by atoms with Crippen LogP contribution in [0.1, 0.15) is 37.4 Å². The molecule has 0 radical (unpaired) electrons. The quantitative estimate of drug-likeness (QED) is 0.844. The van der Waals surface area contributed by atoms with Gasteiger partial charge in [-0.3, -0.25) is 0 Å². The van der Waals surface area contributed by atoms with Crippen molar-refractivity contribution in [2.75, 3.05) is 17.7 Å². The van der Waals surface area contributed by atoms with Crippen molar-refractivity contribution in [3.63, 3.8) is 0 Å². The molecule has 0 saturated carbocycles. The summed E-state index contributed by atoms with van der Waals surface area (Å²) in [4.78, 5) is 4.43. The molecule has 0 fully saturated rings. The molecule has 0 saturated heterocycles. The van der Waals surface area contributed by atoms with Crippen molar-refractivity contribution in [1.82, 2.24) is 4.98 Å². The Labute approximate surface area is 126 Å². The van der Waals surface area contributed by atoms with Gasteiger partial charge in [0.05, 0.1) is 12.3 Å². The highest BCUT2D eigenvalue weighted by atomic mass is 16.5. The third-order valence-corrected chi connectivity index (χ3v) is 3.27. The van der Waals surface area contributed by atoms with E-state index in [1.165, 1.54) is 11.1 Å². The SMILES string of the molecule is CCCOc1nc(NC(C)c2ccc(C)cc2)ccc1N. The lowest BCUT2D eigenvalue weighted by Gasteiger charge is -2.16. The van der Waals surface area contributed by atoms with Gasteiger partial charge in [0.25, 0.3) is 0 Å². The maximum absolute atomic E-state index is 5.87. The molecule has 21 heavy (non-hydrogen) atoms. The van der Waals surface area contributed by atoms with Crippen LogP contribution in [0, 0.1) is 6.92 Å². The number of nitrogens with one attached hydrogen (secondary N) is 1. The third kappa shape index (κ3) is 4.12. The summed E-state index contributed by atoms with van der Waals surface area (Å²) in [5, 5.41) is 3.37. The molecule has 3 N–H and O–H groups in total. The fraction of sp³-hybridized carbons (Fsp3) is 0.353. The normalized spacial score (nSPS) is 12.0. The largest absolute Gasteiger partial charge is 0.476 e. The van der Waals surface area contributed by atoms with Crippen LogP contribution in [0.5, 0.6) is 5.88 Å². The lowest BCUT2D eigenvalue weighted by atomic mass is 10.1. The van der Waals surface area contributed by atoms with Crippen LogP contribution in [-0.2, 0) is 0 Å². The van der Waals surface area contributed by atoms with E-state index in [4.69, 9.17) is 10.5 Å². The first-order valence-electron chi connectivity index (χ1n) is 7.32. The maximum Gasteiger partial charge on any atom is 0.239 e. The highest BCUT2D eigenvalue weighted by molar-refractivity contribution is 5.54. The number of ether oxygens (including phenoxy) is 1. The minimum absolute atomic E-state index is 0.167. The van der Waals surface area contributed by atoms with Crippen molar-refractivity contribution in [2.24, 2.45) is 0 Å². The van der Waals surface area contributed by atoms with Gasteiger partial charge < -0.3 is 15.8 Å². The molecule has 1 unspecified atom stereocenters. The molecule has 0 aliphatic heterocycles. The summed E-state index contributed by atoms with van der Waals surface area (Å²) in [6.45, 7) is 6.86. The second kappa shape index (κ2) is 6.97. The Morgan fingerprint density at radius 2 is 1.90 bits per heavy atom. The molecule has 0 spiro atoms. The van der Waals surface area contributed by atoms with E-state index in [0.29, 0.717) is 18.2 Å². The van der Waals surface area contributed by atoms with Crippen LogP contribution in [0.2, 0.25) is 0 Å². The Morgan fingerprint density at radius 3 is 2.57 bits per heavy atom. The van der Waals surface area contributed by atoms with E-state index in [1.807, 2.05) is 12.1 Å². The van der Waals surface area contributed by atoms with E-state index in [1.54, 1.807) is 0 Å². The standard InChI is InChI=1S/C17H23N3O/c1-4-11-21-17-15(18)9-10-16(20-17)19-13(3)14-7-5-12(2)6-8-14/h5-10,13H,4,11,18H2,1-3H3,(H,19,20). The van der Waals surface area contributed by atoms with Crippen LogP contribution < -0.4 is 15.8 Å². The molecule has 4 heteroatoms. The van der Waals surface area contributed by atoms with Gasteiger partial charge in [-0.2, -0.15) is 4.98 Å². The summed E-state index contributed by atoms with van der Waals surface area (Å²) in [7, 11) is 0. The summed E-state index contributed by atoms with van der Waals surface area (Å²) < 4.78 is 5.55. The van der Waals surface area contributed by atoms with Gasteiger partial charge in [-0.05, 0) is 38.0 Å². The number of aryl methyl sites for hydroxylation is 1. The predicted molar refractivity (Wildman–Crippen MR) is 87.7 cm³/mol. The van der Waals surface area contributed by atoms with Crippen LogP contribution in [0.3, 0.4) is 0 Å². The van der Waals surface area contributed by atoms with Gasteiger partial charge in [0.2, 0.25) is 5.88 Å². The van der Waals surface area contributed by atoms with Crippen molar-refractivity contribution in [3.05, 3.63) is 47.5 Å². The Kier molecular flexibility index (Phi) is 5.04. The summed E-state index contributed by atoms with van der Waals surface area (Å²) in [5.41, 5.74) is 8.91. The molecule has 0 aliphatic rings. The number of nitrogens with zero attached hydrogens (tertiary/aromatic N) is 1. The smallest absolute Gasteiger partial charge is 0.239 e. The predicted octanol–water partition coefficient (Wildman–Crippen LogP) is 3.93. The number of hydrogen-bond donors (Lipinski definition) is 2. The molecule has 112 valence electrons. The van der Waals surface area contributed by atoms with Gasteiger partial charge >= 0.3 is 0 Å². The fourth-order valence-electron chi connectivity index (χ4n) is 2.01. The van der Waals surface area contributed by atoms with Crippen LogP contribution in [0.4, 0.5) is 11.5 Å². The van der Waals surface area contributed by atoms with Crippen molar-refractivity contribution in [3.8, 4) is 5.88 Å². The highest BCUT2D eigenvalue weighted by Crippen LogP contribution is 2.24. The first-order chi connectivity index (χ1) is 10.1. The van der Waals surface area contributed by atoms with Gasteiger partial charge in [0, 0.05) is 6.04 Å². The average molecular weight is 285 g/mol. The lowest BCUT2D eigenvalue weighted by molar-refractivity contribution is 0.307. The topological polar surface area (TPSA) is 60.2 Å². The van der Waals surface area contributed by atoms with Crippen LogP contribution in [0.15, 0.2) is 36.4 Å². The van der Waals surface area contributed by atoms with Crippen LogP contribution >= 0.6 is 0 Å². The van der Waals surface area contributed by atoms with Crippen molar-refractivity contribution in [1.29, 1.82) is 0 Å². The Hall–Kier alpha value is -2.23. The number of aromatic nitrogens is 1. The zero-order valence-electron chi connectivity index (χ0n) is 12.9. The molecule has 0 aliphatic carbocycles. The van der Waals surface area contributed by atoms with Gasteiger partial charge in [0.1, 0.15) is 5.82 Å².